The van der Waals surface area contributed by atoms with Crippen molar-refractivity contribution in [3.05, 3.63) is 71.3 Å². The van der Waals surface area contributed by atoms with E-state index >= 15 is 0 Å². The van der Waals surface area contributed by atoms with E-state index in [0.29, 0.717) is 0 Å². The molecule has 0 spiro atoms. The molecule has 23 heteroatoms. The molecular formula is C25H16N4O16S3. The van der Waals surface area contributed by atoms with Gasteiger partial charge in [0.2, 0.25) is 0 Å². The summed E-state index contributed by atoms with van der Waals surface area (Å²) in [5, 5.41) is 78.9. The van der Waals surface area contributed by atoms with Crippen LogP contribution in [0.2, 0.25) is 0 Å². The summed E-state index contributed by atoms with van der Waals surface area (Å²) >= 11 is 0.472. The third kappa shape index (κ3) is 8.44. The molecule has 0 saturated carbocycles. The number of carboxylic acid groups (broad SMARTS) is 3. The minimum absolute atomic E-state index is 0.0790. The van der Waals surface area contributed by atoms with Crippen LogP contribution < -0.4 is 0 Å². The molecule has 0 heterocycles. The first kappa shape index (κ1) is 35.8. The predicted molar refractivity (Wildman–Crippen MR) is 159 cm³/mol. The first-order valence-electron chi connectivity index (χ1n) is 12.2. The van der Waals surface area contributed by atoms with Crippen LogP contribution >= 0.6 is 24.1 Å². The maximum Gasteiger partial charge on any atom is 0.338 e. The van der Waals surface area contributed by atoms with Gasteiger partial charge in [-0.05, 0) is 60.0 Å². The molecule has 4 rings (SSSR count). The molecule has 20 nitrogen and oxygen atoms in total. The molecule has 0 aliphatic heterocycles. The normalized spacial score (nSPS) is 11.9. The van der Waals surface area contributed by atoms with Gasteiger partial charge in [0.05, 0.1) is 66.8 Å². The molecule has 0 fully saturated rings. The number of hydrogen-bond donors (Lipinski definition) is 7. The maximum atomic E-state index is 12.1. The van der Waals surface area contributed by atoms with Crippen molar-refractivity contribution in [3.8, 4) is 5.75 Å². The summed E-state index contributed by atoms with van der Waals surface area (Å²) in [6.45, 7) is 0. The lowest BCUT2D eigenvalue weighted by atomic mass is 10.1. The first-order chi connectivity index (χ1) is 22.7. The van der Waals surface area contributed by atoms with Crippen LogP contribution in [0.1, 0.15) is 31.1 Å². The Balaban J connectivity index is 1.80. The predicted octanol–water partition coefficient (Wildman–Crippen LogP) is 6.57. The first-order valence-corrected chi connectivity index (χ1v) is 15.1. The number of phenols is 1. The molecule has 7 N–H and O–H groups in total. The third-order valence-corrected chi connectivity index (χ3v) is 7.94. The average molecular weight is 725 g/mol. The molecule has 0 amide bonds. The van der Waals surface area contributed by atoms with Crippen molar-refractivity contribution in [1.82, 2.24) is 0 Å². The van der Waals surface area contributed by atoms with Crippen LogP contribution in [-0.4, -0.2) is 61.8 Å². The van der Waals surface area contributed by atoms with Gasteiger partial charge in [0.25, 0.3) is 10.1 Å². The molecular weight excluding hydrogens is 708 g/mol. The van der Waals surface area contributed by atoms with Gasteiger partial charge in [-0.2, -0.15) is 18.6 Å². The molecule has 4 aromatic carbocycles. The summed E-state index contributed by atoms with van der Waals surface area (Å²) in [7, 11) is -4.80. The number of carbonyl (C=O) groups is 3. The number of aromatic carboxylic acids is 3. The number of carboxylic acids is 3. The molecule has 0 radical (unpaired) electrons. The Morgan fingerprint density at radius 3 is 1.85 bits per heavy atom. The molecule has 250 valence electrons. The number of phenolic OH excluding ortho intramolecular Hbond substituents is 1. The Labute approximate surface area is 274 Å². The zero-order valence-electron chi connectivity index (χ0n) is 23.0. The second kappa shape index (κ2) is 15.2. The highest BCUT2D eigenvalue weighted by Crippen LogP contribution is 2.48. The van der Waals surface area contributed by atoms with Crippen molar-refractivity contribution in [2.24, 2.45) is 20.5 Å². The smallest absolute Gasteiger partial charge is 0.338 e. The fraction of sp³-hybridized carbons (Fsp3) is 0. The largest absolute Gasteiger partial charge is 0.505 e. The standard InChI is InChI=1S/C25H16N4O16S3/c30-22-20-10(6-15(48(39,40)41)9-18(20)46-44-42-37)7-19(47-45-43-38)21(22)29-28-17-2-1-13(8-16(17)25(35)36)26-27-14-4-11(23(31)32)3-12(5-14)24(33)34/h1-9,30,37-38H,(H,31,32)(H,33,34)(H,35,36)(H,39,40,41). The van der Waals surface area contributed by atoms with Gasteiger partial charge in [-0.1, -0.05) is 10.1 Å². The van der Waals surface area contributed by atoms with Crippen LogP contribution in [0, 0.1) is 0 Å². The highest BCUT2D eigenvalue weighted by molar-refractivity contribution is 7.95. The molecule has 0 unspecified atom stereocenters. The molecule has 0 saturated heterocycles. The Morgan fingerprint density at radius 1 is 0.688 bits per heavy atom. The molecule has 0 atom stereocenters. The lowest BCUT2D eigenvalue weighted by molar-refractivity contribution is -0.432. The number of benzene rings is 4. The van der Waals surface area contributed by atoms with Gasteiger partial charge >= 0.3 is 17.9 Å². The van der Waals surface area contributed by atoms with Crippen molar-refractivity contribution in [3.63, 3.8) is 0 Å². The maximum absolute atomic E-state index is 12.1. The van der Waals surface area contributed by atoms with Crippen molar-refractivity contribution < 1.29 is 77.0 Å². The second-order valence-corrected chi connectivity index (χ2v) is 11.7. The third-order valence-electron chi connectivity index (χ3n) is 5.85. The lowest BCUT2D eigenvalue weighted by Gasteiger charge is -2.13. The second-order valence-electron chi connectivity index (χ2n) is 8.80. The minimum atomic E-state index is -4.80. The van der Waals surface area contributed by atoms with Crippen molar-refractivity contribution in [1.29, 1.82) is 0 Å². The molecule has 0 aliphatic rings. The van der Waals surface area contributed by atoms with Gasteiger partial charge in [0.1, 0.15) is 11.4 Å². The van der Waals surface area contributed by atoms with Gasteiger partial charge < -0.3 is 20.4 Å². The highest BCUT2D eigenvalue weighted by Gasteiger charge is 2.23. The van der Waals surface area contributed by atoms with E-state index < -0.39 is 49.9 Å². The van der Waals surface area contributed by atoms with E-state index in [1.165, 1.54) is 6.07 Å². The number of hydrogen-bond acceptors (Lipinski definition) is 18. The summed E-state index contributed by atoms with van der Waals surface area (Å²) in [4.78, 5) is 33.7. The molecule has 0 aromatic heterocycles. The van der Waals surface area contributed by atoms with Gasteiger partial charge in [-0.25, -0.2) is 24.9 Å². The lowest BCUT2D eigenvalue weighted by Crippen LogP contribution is -2.01. The van der Waals surface area contributed by atoms with E-state index in [-0.39, 0.29) is 72.8 Å². The zero-order chi connectivity index (χ0) is 35.2. The Bertz CT molecular complexity index is 2070. The van der Waals surface area contributed by atoms with E-state index in [0.717, 1.165) is 48.5 Å². The van der Waals surface area contributed by atoms with Crippen LogP contribution in [0.3, 0.4) is 0 Å². The topological polar surface area (TPSA) is 313 Å². The average Bonchev–Trinajstić information content (AvgIpc) is 3.04. The summed E-state index contributed by atoms with van der Waals surface area (Å²) in [6, 6.07) is 9.35. The summed E-state index contributed by atoms with van der Waals surface area (Å²) in [5.41, 5.74) is -2.23. The Kier molecular flexibility index (Phi) is 11.3. The summed E-state index contributed by atoms with van der Waals surface area (Å²) in [5.74, 6) is -5.10. The van der Waals surface area contributed by atoms with Gasteiger partial charge in [-0.15, -0.1) is 18.9 Å². The van der Waals surface area contributed by atoms with Gasteiger partial charge in [0, 0.05) is 5.39 Å². The number of fused-ring (bicyclic) bond motifs is 1. The van der Waals surface area contributed by atoms with Crippen LogP contribution in [0.15, 0.2) is 89.7 Å². The van der Waals surface area contributed by atoms with E-state index in [1.807, 2.05) is 0 Å². The Hall–Kier alpha value is -5.08. The minimum Gasteiger partial charge on any atom is -0.505 e. The molecule has 0 bridgehead atoms. The zero-order valence-corrected chi connectivity index (χ0v) is 25.5. The number of rotatable bonds is 14. The Morgan fingerprint density at radius 2 is 1.29 bits per heavy atom. The summed E-state index contributed by atoms with van der Waals surface area (Å²) in [6.07, 6.45) is 0. The molecule has 4 aromatic rings. The molecule has 0 aliphatic carbocycles. The monoisotopic (exact) mass is 724 g/mol. The van der Waals surface area contributed by atoms with Crippen molar-refractivity contribution in [2.75, 3.05) is 0 Å². The van der Waals surface area contributed by atoms with Crippen molar-refractivity contribution >= 4 is 85.6 Å². The fourth-order valence-electron chi connectivity index (χ4n) is 3.88. The quantitative estimate of drug-likeness (QED) is 0.0237. The van der Waals surface area contributed by atoms with Crippen LogP contribution in [0.5, 0.6) is 5.75 Å². The highest BCUT2D eigenvalue weighted by atomic mass is 32.2. The van der Waals surface area contributed by atoms with Gasteiger partial charge in [-0.3, -0.25) is 4.55 Å². The van der Waals surface area contributed by atoms with E-state index in [9.17, 15) is 47.8 Å². The van der Waals surface area contributed by atoms with Crippen LogP contribution in [0.25, 0.3) is 10.8 Å². The number of nitrogens with zero attached hydrogens (tertiary/aromatic N) is 4. The van der Waals surface area contributed by atoms with Gasteiger partial charge in [0.15, 0.2) is 5.75 Å². The van der Waals surface area contributed by atoms with Crippen LogP contribution in [-0.2, 0) is 28.9 Å². The fourth-order valence-corrected chi connectivity index (χ4v) is 5.57. The SMILES string of the molecule is O=C(O)c1cc(N=Nc2ccc(N=Nc3c(SOOO)cc4cc(S(=O)(=O)O)cc(SOOO)c4c3O)c(C(=O)O)c2)cc(C(=O)O)c1. The number of azo groups is 2. The van der Waals surface area contributed by atoms with E-state index in [2.05, 4.69) is 39.2 Å². The van der Waals surface area contributed by atoms with Crippen LogP contribution in [0.4, 0.5) is 22.7 Å². The van der Waals surface area contributed by atoms with Crippen molar-refractivity contribution in [2.45, 2.75) is 14.7 Å². The summed E-state index contributed by atoms with van der Waals surface area (Å²) < 4.78 is 42.0. The molecule has 48 heavy (non-hydrogen) atoms. The van der Waals surface area contributed by atoms with E-state index in [4.69, 9.17) is 10.5 Å². The van der Waals surface area contributed by atoms with E-state index in [1.54, 1.807) is 0 Å². The number of aromatic hydroxyl groups is 1.